The predicted molar refractivity (Wildman–Crippen MR) is 119 cm³/mol. The Balaban J connectivity index is 1.51. The van der Waals surface area contributed by atoms with Crippen molar-refractivity contribution in [2.24, 2.45) is 0 Å². The normalized spacial score (nSPS) is 18.7. The van der Waals surface area contributed by atoms with E-state index < -0.39 is 11.9 Å². The first-order valence-corrected chi connectivity index (χ1v) is 10.8. The number of aromatic nitrogens is 4. The first-order chi connectivity index (χ1) is 16.1. The van der Waals surface area contributed by atoms with Gasteiger partial charge in [-0.2, -0.15) is 18.3 Å². The van der Waals surface area contributed by atoms with Crippen molar-refractivity contribution in [3.8, 4) is 11.1 Å². The monoisotopic (exact) mass is 474 g/mol. The van der Waals surface area contributed by atoms with Crippen LogP contribution in [0.4, 0.5) is 24.8 Å². The Morgan fingerprint density at radius 2 is 1.91 bits per heavy atom. The molecule has 0 saturated carbocycles. The maximum atomic E-state index is 13.0. The number of amides is 1. The van der Waals surface area contributed by atoms with Gasteiger partial charge in [-0.25, -0.2) is 9.97 Å². The lowest BCUT2D eigenvalue weighted by molar-refractivity contribution is -0.145. The molecule has 1 aliphatic rings. The summed E-state index contributed by atoms with van der Waals surface area (Å²) in [5.41, 5.74) is 1.96. The number of anilines is 2. The number of nitrogens with zero attached hydrogens (tertiary/aromatic N) is 5. The molecule has 1 amide bonds. The molecule has 1 saturated heterocycles. The molecule has 0 aliphatic carbocycles. The van der Waals surface area contributed by atoms with Gasteiger partial charge in [-0.05, 0) is 50.1 Å². The van der Waals surface area contributed by atoms with Gasteiger partial charge in [0.25, 0.3) is 0 Å². The number of alkyl halides is 3. The van der Waals surface area contributed by atoms with Gasteiger partial charge in [0, 0.05) is 23.6 Å². The number of morpholine rings is 1. The lowest BCUT2D eigenvalue weighted by Gasteiger charge is -2.38. The highest BCUT2D eigenvalue weighted by Gasteiger charge is 2.33. The number of nitrogens with one attached hydrogen (secondary N) is 1. The van der Waals surface area contributed by atoms with Gasteiger partial charge in [0.1, 0.15) is 12.2 Å². The van der Waals surface area contributed by atoms with Crippen LogP contribution in [0.25, 0.3) is 11.1 Å². The SMILES string of the molecule is Cc1cc(Nc2nccc(C(F)(F)F)n2)cc(-c2cnn(CC(=O)N3[C@H](C)COC[C@@H]3C)c2)c1. The molecule has 3 heterocycles. The van der Waals surface area contributed by atoms with E-state index in [4.69, 9.17) is 4.74 Å². The van der Waals surface area contributed by atoms with Crippen LogP contribution in [0.1, 0.15) is 25.1 Å². The zero-order chi connectivity index (χ0) is 24.5. The number of aryl methyl sites for hydroxylation is 1. The van der Waals surface area contributed by atoms with Crippen LogP contribution in [0.15, 0.2) is 42.9 Å². The van der Waals surface area contributed by atoms with E-state index in [2.05, 4.69) is 20.4 Å². The summed E-state index contributed by atoms with van der Waals surface area (Å²) in [5.74, 6) is -0.187. The average molecular weight is 474 g/mol. The Kier molecular flexibility index (Phi) is 6.56. The molecule has 0 unspecified atom stereocenters. The van der Waals surface area contributed by atoms with Gasteiger partial charge in [0.15, 0.2) is 0 Å². The van der Waals surface area contributed by atoms with Gasteiger partial charge in [-0.15, -0.1) is 0 Å². The molecule has 4 rings (SSSR count). The van der Waals surface area contributed by atoms with Crippen LogP contribution in [-0.4, -0.2) is 55.9 Å². The Hall–Kier alpha value is -3.47. The minimum absolute atomic E-state index is 0.00486. The molecule has 11 heteroatoms. The maximum Gasteiger partial charge on any atom is 0.433 e. The van der Waals surface area contributed by atoms with Crippen LogP contribution in [0.2, 0.25) is 0 Å². The van der Waals surface area contributed by atoms with Gasteiger partial charge in [-0.3, -0.25) is 9.48 Å². The second kappa shape index (κ2) is 9.41. The molecule has 1 fully saturated rings. The fourth-order valence-corrected chi connectivity index (χ4v) is 4.04. The number of benzene rings is 1. The Labute approximate surface area is 194 Å². The molecule has 1 aromatic carbocycles. The highest BCUT2D eigenvalue weighted by atomic mass is 19.4. The van der Waals surface area contributed by atoms with Crippen LogP contribution >= 0.6 is 0 Å². The quantitative estimate of drug-likeness (QED) is 0.601. The molecule has 3 aromatic rings. The number of carbonyl (C=O) groups is 1. The smallest absolute Gasteiger partial charge is 0.377 e. The molecule has 0 spiro atoms. The van der Waals surface area contributed by atoms with E-state index in [1.165, 1.54) is 0 Å². The van der Waals surface area contributed by atoms with E-state index in [9.17, 15) is 18.0 Å². The lowest BCUT2D eigenvalue weighted by Crippen LogP contribution is -2.53. The van der Waals surface area contributed by atoms with Crippen molar-refractivity contribution in [2.75, 3.05) is 18.5 Å². The summed E-state index contributed by atoms with van der Waals surface area (Å²) in [6.07, 6.45) is -0.0716. The topological polar surface area (TPSA) is 85.2 Å². The molecule has 0 bridgehead atoms. The number of ether oxygens (including phenoxy) is 1. The van der Waals surface area contributed by atoms with Crippen molar-refractivity contribution in [1.29, 1.82) is 0 Å². The Morgan fingerprint density at radius 3 is 2.62 bits per heavy atom. The molecule has 2 atom stereocenters. The van der Waals surface area contributed by atoms with Crippen LogP contribution in [0.5, 0.6) is 0 Å². The fraction of sp³-hybridized carbons (Fsp3) is 0.391. The van der Waals surface area contributed by atoms with Gasteiger partial charge in [0.2, 0.25) is 11.9 Å². The number of hydrogen-bond donors (Lipinski definition) is 1. The van der Waals surface area contributed by atoms with Gasteiger partial charge in [0.05, 0.1) is 31.5 Å². The largest absolute Gasteiger partial charge is 0.433 e. The lowest BCUT2D eigenvalue weighted by atomic mass is 10.1. The molecule has 0 radical (unpaired) electrons. The molecular weight excluding hydrogens is 449 g/mol. The zero-order valence-electron chi connectivity index (χ0n) is 19.0. The molecule has 2 aromatic heterocycles. The Morgan fingerprint density at radius 1 is 1.18 bits per heavy atom. The second-order valence-corrected chi connectivity index (χ2v) is 8.44. The van der Waals surface area contributed by atoms with Gasteiger partial charge < -0.3 is 15.0 Å². The molecule has 1 aliphatic heterocycles. The minimum atomic E-state index is -4.56. The van der Waals surface area contributed by atoms with Crippen molar-refractivity contribution in [3.05, 3.63) is 54.1 Å². The van der Waals surface area contributed by atoms with E-state index in [1.54, 1.807) is 29.2 Å². The standard InChI is InChI=1S/C23H25F3N6O2/c1-14-6-17(8-19(7-14)29-22-27-5-4-20(30-22)23(24,25)26)18-9-28-31(10-18)11-21(33)32-15(2)12-34-13-16(32)3/h4-10,15-16H,11-13H2,1-3H3,(H,27,29,30)/t15-,16+. The van der Waals surface area contributed by atoms with Gasteiger partial charge >= 0.3 is 6.18 Å². The molecule has 1 N–H and O–H groups in total. The third-order valence-corrected chi connectivity index (χ3v) is 5.50. The summed E-state index contributed by atoms with van der Waals surface area (Å²) >= 11 is 0. The van der Waals surface area contributed by atoms with Crippen LogP contribution in [0, 0.1) is 6.92 Å². The molecule has 34 heavy (non-hydrogen) atoms. The number of halogens is 3. The summed E-state index contributed by atoms with van der Waals surface area (Å²) in [5, 5.41) is 7.16. The summed E-state index contributed by atoms with van der Waals surface area (Å²) in [7, 11) is 0. The summed E-state index contributed by atoms with van der Waals surface area (Å²) in [6, 6.07) is 6.28. The van der Waals surface area contributed by atoms with Crippen molar-refractivity contribution < 1.29 is 22.7 Å². The van der Waals surface area contributed by atoms with Crippen LogP contribution in [-0.2, 0) is 22.3 Å². The minimum Gasteiger partial charge on any atom is -0.377 e. The zero-order valence-corrected chi connectivity index (χ0v) is 19.0. The van der Waals surface area contributed by atoms with E-state index >= 15 is 0 Å². The molecular formula is C23H25F3N6O2. The Bertz CT molecular complexity index is 1170. The third-order valence-electron chi connectivity index (χ3n) is 5.50. The fourth-order valence-electron chi connectivity index (χ4n) is 4.04. The van der Waals surface area contributed by atoms with Crippen molar-refractivity contribution in [2.45, 2.75) is 45.6 Å². The van der Waals surface area contributed by atoms with E-state index in [0.29, 0.717) is 18.9 Å². The third kappa shape index (κ3) is 5.36. The predicted octanol–water partition coefficient (Wildman–Crippen LogP) is 4.05. The second-order valence-electron chi connectivity index (χ2n) is 8.44. The number of hydrogen-bond acceptors (Lipinski definition) is 6. The maximum absolute atomic E-state index is 13.0. The highest BCUT2D eigenvalue weighted by Crippen LogP contribution is 2.29. The first-order valence-electron chi connectivity index (χ1n) is 10.8. The van der Waals surface area contributed by atoms with Crippen LogP contribution in [0.3, 0.4) is 0 Å². The van der Waals surface area contributed by atoms with Crippen molar-refractivity contribution in [3.63, 3.8) is 0 Å². The average Bonchev–Trinajstić information content (AvgIpc) is 3.21. The van der Waals surface area contributed by atoms with Crippen molar-refractivity contribution in [1.82, 2.24) is 24.6 Å². The van der Waals surface area contributed by atoms with Crippen molar-refractivity contribution >= 4 is 17.5 Å². The summed E-state index contributed by atoms with van der Waals surface area (Å²) < 4.78 is 45.9. The highest BCUT2D eigenvalue weighted by molar-refractivity contribution is 5.77. The van der Waals surface area contributed by atoms with E-state index in [-0.39, 0.29) is 30.5 Å². The van der Waals surface area contributed by atoms with E-state index in [1.807, 2.05) is 31.7 Å². The summed E-state index contributed by atoms with van der Waals surface area (Å²) in [4.78, 5) is 22.1. The first kappa shape index (κ1) is 23.7. The molecule has 8 nitrogen and oxygen atoms in total. The van der Waals surface area contributed by atoms with Gasteiger partial charge in [-0.1, -0.05) is 6.07 Å². The molecule has 180 valence electrons. The van der Waals surface area contributed by atoms with E-state index in [0.717, 1.165) is 29.0 Å². The van der Waals surface area contributed by atoms with Crippen LogP contribution < -0.4 is 5.32 Å². The summed E-state index contributed by atoms with van der Waals surface area (Å²) in [6.45, 7) is 6.90. The number of carbonyl (C=O) groups excluding carboxylic acids is 1. The number of rotatable bonds is 5.